The van der Waals surface area contributed by atoms with Gasteiger partial charge in [0, 0.05) is 7.11 Å². The van der Waals surface area contributed by atoms with Gasteiger partial charge in [0.25, 0.3) is 0 Å². The van der Waals surface area contributed by atoms with Gasteiger partial charge in [0.2, 0.25) is 0 Å². The minimum atomic E-state index is -1.25. The summed E-state index contributed by atoms with van der Waals surface area (Å²) in [5.74, 6) is 0.400. The van der Waals surface area contributed by atoms with Crippen molar-refractivity contribution in [2.24, 2.45) is 15.7 Å². The van der Waals surface area contributed by atoms with E-state index in [9.17, 15) is 15.0 Å². The van der Waals surface area contributed by atoms with Crippen molar-refractivity contribution < 1.29 is 29.2 Å². The molecule has 0 aliphatic carbocycles. The number of nitrogens with two attached hydrogens (primary N) is 1. The average molecular weight is 415 g/mol. The maximum atomic E-state index is 12.2. The van der Waals surface area contributed by atoms with Crippen molar-refractivity contribution in [2.75, 3.05) is 13.7 Å². The van der Waals surface area contributed by atoms with Crippen LogP contribution in [0.15, 0.2) is 51.8 Å². The Labute approximate surface area is 171 Å². The Morgan fingerprint density at radius 2 is 2.03 bits per heavy atom. The summed E-state index contributed by atoms with van der Waals surface area (Å²) >= 11 is 0. The smallest absolute Gasteiger partial charge is 0.338 e. The monoisotopic (exact) mass is 415 g/mol. The fourth-order valence-corrected chi connectivity index (χ4v) is 3.95. The number of methoxy groups -OCH3 is 1. The fraction of sp³-hybridized carbons (Fsp3) is 0.421. The van der Waals surface area contributed by atoms with E-state index in [4.69, 9.17) is 19.9 Å². The number of aliphatic hydroxyl groups excluding tert-OH is 2. The Balaban J connectivity index is 1.28. The van der Waals surface area contributed by atoms with Gasteiger partial charge in [-0.2, -0.15) is 0 Å². The number of esters is 1. The Morgan fingerprint density at radius 3 is 2.77 bits per heavy atom. The number of rotatable bonds is 5. The molecule has 1 aromatic carbocycles. The van der Waals surface area contributed by atoms with Gasteiger partial charge in [-0.05, 0) is 12.1 Å². The maximum absolute atomic E-state index is 12.2. The molecule has 4 N–H and O–H groups in total. The van der Waals surface area contributed by atoms with Crippen molar-refractivity contribution in [1.82, 2.24) is 9.80 Å². The number of fused-ring (bicyclic) bond motifs is 3. The topological polar surface area (TPSA) is 142 Å². The van der Waals surface area contributed by atoms with Gasteiger partial charge in [-0.3, -0.25) is 4.90 Å². The van der Waals surface area contributed by atoms with Crippen LogP contribution < -0.4 is 5.73 Å². The number of carbonyl (C=O) groups is 1. The minimum absolute atomic E-state index is 0.208. The molecular weight excluding hydrogens is 394 g/mol. The quantitative estimate of drug-likeness (QED) is 0.399. The molecule has 158 valence electrons. The summed E-state index contributed by atoms with van der Waals surface area (Å²) in [7, 11) is 1.56. The SMILES string of the molecule is COC1C2=NC(N)=C3N=CN([C@@H]4O[C@H](COC(=O)c5ccccc5)[C@@H](O)[C@H]4O)C3N21. The van der Waals surface area contributed by atoms with Crippen LogP contribution in [0.4, 0.5) is 0 Å². The summed E-state index contributed by atoms with van der Waals surface area (Å²) in [5.41, 5.74) is 6.90. The van der Waals surface area contributed by atoms with Crippen molar-refractivity contribution in [3.63, 3.8) is 0 Å². The van der Waals surface area contributed by atoms with Gasteiger partial charge in [-0.15, -0.1) is 0 Å². The molecule has 0 amide bonds. The second-order valence-electron chi connectivity index (χ2n) is 7.31. The molecule has 11 nitrogen and oxygen atoms in total. The van der Waals surface area contributed by atoms with E-state index in [0.29, 0.717) is 17.1 Å². The second kappa shape index (κ2) is 7.06. The number of carbonyl (C=O) groups excluding carboxylic acids is 1. The molecule has 2 saturated heterocycles. The molecule has 11 heteroatoms. The summed E-state index contributed by atoms with van der Waals surface area (Å²) in [6, 6.07) is 8.50. The molecule has 2 unspecified atom stereocenters. The molecule has 4 aliphatic rings. The highest BCUT2D eigenvalue weighted by Crippen LogP contribution is 2.41. The van der Waals surface area contributed by atoms with Crippen molar-refractivity contribution >= 4 is 18.1 Å². The zero-order valence-electron chi connectivity index (χ0n) is 16.0. The summed E-state index contributed by atoms with van der Waals surface area (Å²) in [5, 5.41) is 21.1. The van der Waals surface area contributed by atoms with Crippen LogP contribution in [0.3, 0.4) is 0 Å². The number of ether oxygens (including phenoxy) is 3. The van der Waals surface area contributed by atoms with Crippen LogP contribution in [-0.2, 0) is 14.2 Å². The first-order valence-corrected chi connectivity index (χ1v) is 9.46. The van der Waals surface area contributed by atoms with Crippen molar-refractivity contribution in [3.8, 4) is 0 Å². The Bertz CT molecular complexity index is 950. The number of hydrogen-bond donors (Lipinski definition) is 3. The van der Waals surface area contributed by atoms with E-state index >= 15 is 0 Å². The minimum Gasteiger partial charge on any atom is -0.459 e. The van der Waals surface area contributed by atoms with Gasteiger partial charge >= 0.3 is 5.97 Å². The Kier molecular flexibility index (Phi) is 4.47. The van der Waals surface area contributed by atoms with Gasteiger partial charge < -0.3 is 35.1 Å². The van der Waals surface area contributed by atoms with Crippen LogP contribution in [0.2, 0.25) is 0 Å². The number of aliphatic imine (C=N–C) groups is 2. The molecule has 1 aromatic rings. The maximum Gasteiger partial charge on any atom is 0.338 e. The van der Waals surface area contributed by atoms with E-state index in [1.54, 1.807) is 42.3 Å². The van der Waals surface area contributed by atoms with Crippen molar-refractivity contribution in [1.29, 1.82) is 0 Å². The number of hydrogen-bond acceptors (Lipinski definition) is 11. The number of aliphatic hydroxyl groups is 2. The van der Waals surface area contributed by atoms with Gasteiger partial charge in [0.15, 0.2) is 30.3 Å². The van der Waals surface area contributed by atoms with E-state index < -0.39 is 36.7 Å². The highest BCUT2D eigenvalue weighted by molar-refractivity contribution is 6.02. The molecule has 0 saturated carbocycles. The highest BCUT2D eigenvalue weighted by Gasteiger charge is 2.58. The van der Waals surface area contributed by atoms with Crippen molar-refractivity contribution in [3.05, 3.63) is 47.4 Å². The van der Waals surface area contributed by atoms with Crippen LogP contribution in [-0.4, -0.2) is 88.8 Å². The van der Waals surface area contributed by atoms with Gasteiger partial charge in [-0.25, -0.2) is 14.8 Å². The van der Waals surface area contributed by atoms with E-state index in [1.807, 2.05) is 4.90 Å². The lowest BCUT2D eigenvalue weighted by Crippen LogP contribution is -2.50. The van der Waals surface area contributed by atoms with Crippen LogP contribution in [0, 0.1) is 0 Å². The molecule has 0 radical (unpaired) electrons. The molecular formula is C19H21N5O6. The molecule has 2 fully saturated rings. The van der Waals surface area contributed by atoms with E-state index in [0.717, 1.165) is 0 Å². The molecule has 0 spiro atoms. The first-order chi connectivity index (χ1) is 14.5. The first-order valence-electron chi connectivity index (χ1n) is 9.46. The van der Waals surface area contributed by atoms with Crippen LogP contribution in [0.25, 0.3) is 0 Å². The zero-order chi connectivity index (χ0) is 21.0. The van der Waals surface area contributed by atoms with Gasteiger partial charge in [0.05, 0.1) is 11.9 Å². The predicted molar refractivity (Wildman–Crippen MR) is 103 cm³/mol. The predicted octanol–water partition coefficient (Wildman–Crippen LogP) is -1.21. The lowest BCUT2D eigenvalue weighted by Gasteiger charge is -2.33. The van der Waals surface area contributed by atoms with Crippen LogP contribution >= 0.6 is 0 Å². The molecule has 4 heterocycles. The molecule has 4 aliphatic heterocycles. The highest BCUT2D eigenvalue weighted by atomic mass is 16.6. The van der Waals surface area contributed by atoms with Gasteiger partial charge in [-0.1, -0.05) is 18.2 Å². The number of benzene rings is 1. The summed E-state index contributed by atoms with van der Waals surface area (Å²) in [6.45, 7) is -0.208. The van der Waals surface area contributed by atoms with Crippen LogP contribution in [0.5, 0.6) is 0 Å². The lowest BCUT2D eigenvalue weighted by molar-refractivity contribution is -0.0897. The zero-order valence-corrected chi connectivity index (χ0v) is 16.0. The molecule has 0 aromatic heterocycles. The third-order valence-electron chi connectivity index (χ3n) is 5.53. The number of nitrogens with zero attached hydrogens (tertiary/aromatic N) is 4. The Morgan fingerprint density at radius 1 is 1.27 bits per heavy atom. The van der Waals surface area contributed by atoms with Crippen LogP contribution in [0.1, 0.15) is 10.4 Å². The Hall–Kier alpha value is -2.99. The van der Waals surface area contributed by atoms with E-state index in [1.165, 1.54) is 6.34 Å². The summed E-state index contributed by atoms with van der Waals surface area (Å²) in [4.78, 5) is 24.2. The largest absolute Gasteiger partial charge is 0.459 e. The normalized spacial score (nSPS) is 34.0. The van der Waals surface area contributed by atoms with Gasteiger partial charge in [0.1, 0.15) is 30.6 Å². The number of amidine groups is 1. The fourth-order valence-electron chi connectivity index (χ4n) is 3.95. The second-order valence-corrected chi connectivity index (χ2v) is 7.31. The standard InChI is InChI=1S/C19H21N5O6/c1-28-18-15-22-14(20)11-16(24(15)18)23(8-21-11)17-13(26)12(25)10(30-17)7-29-19(27)9-5-3-2-4-6-9/h2-6,8,10,12-13,16-18,25-26H,7,20H2,1H3/t10-,12-,13-,16?,17-,18?,24?/m1/s1. The average Bonchev–Trinajstić information content (AvgIpc) is 3.14. The van der Waals surface area contributed by atoms with E-state index in [2.05, 4.69) is 9.98 Å². The summed E-state index contributed by atoms with van der Waals surface area (Å²) < 4.78 is 16.5. The third kappa shape index (κ3) is 2.86. The third-order valence-corrected chi connectivity index (χ3v) is 5.53. The lowest BCUT2D eigenvalue weighted by atomic mass is 10.1. The van der Waals surface area contributed by atoms with Crippen molar-refractivity contribution in [2.45, 2.75) is 36.9 Å². The molecule has 6 atom stereocenters. The first kappa shape index (κ1) is 19.0. The summed E-state index contributed by atoms with van der Waals surface area (Å²) in [6.07, 6.45) is -3.61. The molecule has 0 bridgehead atoms. The molecule has 30 heavy (non-hydrogen) atoms. The van der Waals surface area contributed by atoms with E-state index in [-0.39, 0.29) is 18.7 Å². The molecule has 5 rings (SSSR count).